The third kappa shape index (κ3) is 3.54. The summed E-state index contributed by atoms with van der Waals surface area (Å²) in [6.45, 7) is 1.94. The lowest BCUT2D eigenvalue weighted by Gasteiger charge is -2.33. The maximum atomic E-state index is 12.5. The minimum atomic E-state index is -4.53. The van der Waals surface area contributed by atoms with Gasteiger partial charge in [-0.1, -0.05) is 0 Å². The van der Waals surface area contributed by atoms with Crippen LogP contribution in [0, 0.1) is 0 Å². The summed E-state index contributed by atoms with van der Waals surface area (Å²) in [6, 6.07) is 1.47. The Balaban J connectivity index is 2.13. The number of halogens is 3. The van der Waals surface area contributed by atoms with E-state index < -0.39 is 12.0 Å². The summed E-state index contributed by atoms with van der Waals surface area (Å²) in [5.41, 5.74) is 5.45. The number of anilines is 1. The van der Waals surface area contributed by atoms with Gasteiger partial charge in [0.25, 0.3) is 0 Å². The van der Waals surface area contributed by atoms with E-state index in [-0.39, 0.29) is 11.9 Å². The number of rotatable bonds is 3. The Morgan fingerprint density at radius 2 is 2.26 bits per heavy atom. The zero-order chi connectivity index (χ0) is 13.9. The molecule has 106 valence electrons. The summed E-state index contributed by atoms with van der Waals surface area (Å²) < 4.78 is 43.1. The molecule has 2 heterocycles. The lowest BCUT2D eigenvalue weighted by molar-refractivity contribution is -0.144. The number of hydrogen-bond donors (Lipinski definition) is 1. The molecule has 1 saturated heterocycles. The Morgan fingerprint density at radius 1 is 1.47 bits per heavy atom. The third-order valence-corrected chi connectivity index (χ3v) is 2.85. The number of alkyl halides is 3. The van der Waals surface area contributed by atoms with Gasteiger partial charge in [0.05, 0.1) is 12.7 Å². The number of nitrogens with zero attached hydrogens (tertiary/aromatic N) is 3. The zero-order valence-corrected chi connectivity index (χ0v) is 10.2. The van der Waals surface area contributed by atoms with Gasteiger partial charge < -0.3 is 15.4 Å². The van der Waals surface area contributed by atoms with Gasteiger partial charge in [-0.2, -0.15) is 13.2 Å². The average Bonchev–Trinajstić information content (AvgIpc) is 2.39. The maximum absolute atomic E-state index is 12.5. The summed E-state index contributed by atoms with van der Waals surface area (Å²) in [4.78, 5) is 8.58. The van der Waals surface area contributed by atoms with Crippen LogP contribution in [-0.2, 0) is 10.9 Å². The van der Waals surface area contributed by atoms with Crippen molar-refractivity contribution in [2.45, 2.75) is 18.7 Å². The highest BCUT2D eigenvalue weighted by atomic mass is 19.4. The SMILES string of the molecule is NCC[C@@H]1CN(c2ccnc(C(F)(F)F)n2)CCO1. The van der Waals surface area contributed by atoms with Crippen LogP contribution in [-0.4, -0.2) is 42.3 Å². The molecule has 1 aliphatic heterocycles. The number of aromatic nitrogens is 2. The highest BCUT2D eigenvalue weighted by Gasteiger charge is 2.35. The Morgan fingerprint density at radius 3 is 2.95 bits per heavy atom. The van der Waals surface area contributed by atoms with E-state index in [1.165, 1.54) is 6.07 Å². The summed E-state index contributed by atoms with van der Waals surface area (Å²) in [6.07, 6.45) is -2.80. The normalized spacial score (nSPS) is 20.6. The first-order valence-electron chi connectivity index (χ1n) is 5.97. The first-order valence-corrected chi connectivity index (χ1v) is 5.97. The molecule has 2 N–H and O–H groups in total. The fourth-order valence-electron chi connectivity index (χ4n) is 1.95. The van der Waals surface area contributed by atoms with Gasteiger partial charge in [0.1, 0.15) is 5.82 Å². The highest BCUT2D eigenvalue weighted by molar-refractivity contribution is 5.38. The van der Waals surface area contributed by atoms with Gasteiger partial charge in [0, 0.05) is 19.3 Å². The molecule has 0 saturated carbocycles. The van der Waals surface area contributed by atoms with E-state index in [0.717, 1.165) is 6.20 Å². The summed E-state index contributed by atoms with van der Waals surface area (Å²) in [5.74, 6) is -0.848. The van der Waals surface area contributed by atoms with E-state index in [4.69, 9.17) is 10.5 Å². The standard InChI is InChI=1S/C11H15F3N4O/c12-11(13,14)10-16-4-2-9(17-10)18-5-6-19-8(7-18)1-3-15/h2,4,8H,1,3,5-7,15H2/t8-/m1/s1. The lowest BCUT2D eigenvalue weighted by Crippen LogP contribution is -2.43. The molecule has 1 aromatic heterocycles. The highest BCUT2D eigenvalue weighted by Crippen LogP contribution is 2.27. The number of morpholine rings is 1. The van der Waals surface area contributed by atoms with Crippen molar-refractivity contribution in [3.63, 3.8) is 0 Å². The Bertz CT molecular complexity index is 425. The molecule has 1 aliphatic rings. The van der Waals surface area contributed by atoms with E-state index in [2.05, 4.69) is 9.97 Å². The lowest BCUT2D eigenvalue weighted by atomic mass is 10.2. The molecule has 0 amide bonds. The van der Waals surface area contributed by atoms with Crippen LogP contribution < -0.4 is 10.6 Å². The predicted molar refractivity (Wildman–Crippen MR) is 62.7 cm³/mol. The molecule has 0 radical (unpaired) electrons. The van der Waals surface area contributed by atoms with Crippen molar-refractivity contribution >= 4 is 5.82 Å². The number of hydrogen-bond acceptors (Lipinski definition) is 5. The molecule has 1 fully saturated rings. The average molecular weight is 276 g/mol. The van der Waals surface area contributed by atoms with Gasteiger partial charge >= 0.3 is 6.18 Å². The number of ether oxygens (including phenoxy) is 1. The van der Waals surface area contributed by atoms with Crippen molar-refractivity contribution in [2.24, 2.45) is 5.73 Å². The zero-order valence-electron chi connectivity index (χ0n) is 10.2. The maximum Gasteiger partial charge on any atom is 0.451 e. The van der Waals surface area contributed by atoms with Crippen molar-refractivity contribution < 1.29 is 17.9 Å². The van der Waals surface area contributed by atoms with Gasteiger partial charge in [-0.25, -0.2) is 9.97 Å². The van der Waals surface area contributed by atoms with Crippen molar-refractivity contribution in [3.05, 3.63) is 18.1 Å². The van der Waals surface area contributed by atoms with Crippen LogP contribution in [0.2, 0.25) is 0 Å². The van der Waals surface area contributed by atoms with Gasteiger partial charge in [0.15, 0.2) is 0 Å². The molecule has 0 aromatic carbocycles. The quantitative estimate of drug-likeness (QED) is 0.894. The van der Waals surface area contributed by atoms with Crippen LogP contribution in [0.1, 0.15) is 12.2 Å². The Labute approximate surface area is 108 Å². The first kappa shape index (κ1) is 14.0. The van der Waals surface area contributed by atoms with Gasteiger partial charge in [0.2, 0.25) is 5.82 Å². The third-order valence-electron chi connectivity index (χ3n) is 2.85. The van der Waals surface area contributed by atoms with Crippen molar-refractivity contribution in [1.29, 1.82) is 0 Å². The first-order chi connectivity index (χ1) is 9.00. The smallest absolute Gasteiger partial charge is 0.374 e. The van der Waals surface area contributed by atoms with E-state index in [1.54, 1.807) is 4.90 Å². The van der Waals surface area contributed by atoms with E-state index in [1.807, 2.05) is 0 Å². The monoisotopic (exact) mass is 276 g/mol. The van der Waals surface area contributed by atoms with Crippen molar-refractivity contribution in [3.8, 4) is 0 Å². The molecule has 0 aliphatic carbocycles. The van der Waals surface area contributed by atoms with Gasteiger partial charge in [-0.05, 0) is 19.0 Å². The second-order valence-electron chi connectivity index (χ2n) is 4.25. The van der Waals surface area contributed by atoms with Crippen LogP contribution >= 0.6 is 0 Å². The van der Waals surface area contributed by atoms with Crippen LogP contribution in [0.3, 0.4) is 0 Å². The van der Waals surface area contributed by atoms with E-state index in [9.17, 15) is 13.2 Å². The number of nitrogens with two attached hydrogens (primary N) is 1. The van der Waals surface area contributed by atoms with Crippen molar-refractivity contribution in [2.75, 3.05) is 31.1 Å². The van der Waals surface area contributed by atoms with Gasteiger partial charge in [-0.15, -0.1) is 0 Å². The van der Waals surface area contributed by atoms with Crippen LogP contribution in [0.5, 0.6) is 0 Å². The fraction of sp³-hybridized carbons (Fsp3) is 0.636. The topological polar surface area (TPSA) is 64.3 Å². The summed E-state index contributed by atoms with van der Waals surface area (Å²) in [5, 5.41) is 0. The molecule has 1 aromatic rings. The van der Waals surface area contributed by atoms with E-state index in [0.29, 0.717) is 32.7 Å². The summed E-state index contributed by atoms with van der Waals surface area (Å²) >= 11 is 0. The van der Waals surface area contributed by atoms with Crippen LogP contribution in [0.25, 0.3) is 0 Å². The molecular weight excluding hydrogens is 261 g/mol. The second kappa shape index (κ2) is 5.70. The van der Waals surface area contributed by atoms with Crippen LogP contribution in [0.15, 0.2) is 12.3 Å². The van der Waals surface area contributed by atoms with E-state index >= 15 is 0 Å². The minimum Gasteiger partial charge on any atom is -0.374 e. The molecule has 1 atom stereocenters. The molecule has 2 rings (SSSR count). The predicted octanol–water partition coefficient (Wildman–Crippen LogP) is 1.05. The molecule has 19 heavy (non-hydrogen) atoms. The molecule has 5 nitrogen and oxygen atoms in total. The molecule has 8 heteroatoms. The summed E-state index contributed by atoms with van der Waals surface area (Å²) in [7, 11) is 0. The van der Waals surface area contributed by atoms with Crippen LogP contribution in [0.4, 0.5) is 19.0 Å². The minimum absolute atomic E-state index is 0.0666. The molecule has 0 bridgehead atoms. The molecular formula is C11H15F3N4O. The largest absolute Gasteiger partial charge is 0.451 e. The second-order valence-corrected chi connectivity index (χ2v) is 4.25. The van der Waals surface area contributed by atoms with Gasteiger partial charge in [-0.3, -0.25) is 0 Å². The molecule has 0 unspecified atom stereocenters. The fourth-order valence-corrected chi connectivity index (χ4v) is 1.95. The Kier molecular flexibility index (Phi) is 4.20. The Hall–Kier alpha value is -1.41. The molecule has 0 spiro atoms. The van der Waals surface area contributed by atoms with Crippen molar-refractivity contribution in [1.82, 2.24) is 9.97 Å².